The first kappa shape index (κ1) is 9.61. The molecule has 1 heterocycles. The van der Waals surface area contributed by atoms with Gasteiger partial charge in [-0.3, -0.25) is 0 Å². The van der Waals surface area contributed by atoms with Crippen LogP contribution in [0.15, 0.2) is 0 Å². The van der Waals surface area contributed by atoms with Crippen molar-refractivity contribution in [3.05, 3.63) is 10.0 Å². The van der Waals surface area contributed by atoms with Gasteiger partial charge in [0.2, 0.25) is 0 Å². The van der Waals surface area contributed by atoms with Gasteiger partial charge in [-0.15, -0.1) is 21.5 Å². The van der Waals surface area contributed by atoms with Gasteiger partial charge < -0.3 is 5.73 Å². The Kier molecular flexibility index (Phi) is 2.49. The van der Waals surface area contributed by atoms with E-state index in [-0.39, 0.29) is 11.5 Å². The fourth-order valence-corrected chi connectivity index (χ4v) is 1.75. The van der Waals surface area contributed by atoms with E-state index in [1.165, 1.54) is 0 Å². The molecule has 0 saturated carbocycles. The first-order valence-corrected chi connectivity index (χ1v) is 4.78. The fourth-order valence-electron chi connectivity index (χ4n) is 0.808. The van der Waals surface area contributed by atoms with Gasteiger partial charge in [-0.25, -0.2) is 0 Å². The van der Waals surface area contributed by atoms with E-state index in [0.717, 1.165) is 10.0 Å². The van der Waals surface area contributed by atoms with E-state index in [2.05, 4.69) is 31.0 Å². The Morgan fingerprint density at radius 2 is 1.92 bits per heavy atom. The normalized spacial score (nSPS) is 14.8. The van der Waals surface area contributed by atoms with Crippen LogP contribution in [0.5, 0.6) is 0 Å². The average molecular weight is 185 g/mol. The van der Waals surface area contributed by atoms with Crippen LogP contribution in [0.25, 0.3) is 0 Å². The standard InChI is InChI=1S/C8H15N3S/c1-5-10-11-7(12-5)6(9)8(2,3)4/h6H,9H2,1-4H3/t6-/m1/s1. The number of aryl methyl sites for hydroxylation is 1. The van der Waals surface area contributed by atoms with Crippen LogP contribution in [0.2, 0.25) is 0 Å². The monoisotopic (exact) mass is 185 g/mol. The molecule has 0 spiro atoms. The summed E-state index contributed by atoms with van der Waals surface area (Å²) in [6.45, 7) is 8.26. The molecule has 1 atom stereocenters. The van der Waals surface area contributed by atoms with Gasteiger partial charge in [-0.1, -0.05) is 20.8 Å². The second-order valence-corrected chi connectivity index (χ2v) is 5.22. The number of hydrogen-bond acceptors (Lipinski definition) is 4. The first-order valence-electron chi connectivity index (χ1n) is 3.97. The summed E-state index contributed by atoms with van der Waals surface area (Å²) in [5.41, 5.74) is 6.05. The van der Waals surface area contributed by atoms with Gasteiger partial charge in [0.15, 0.2) is 0 Å². The lowest BCUT2D eigenvalue weighted by Crippen LogP contribution is -2.26. The molecule has 12 heavy (non-hydrogen) atoms. The zero-order valence-electron chi connectivity index (χ0n) is 7.96. The van der Waals surface area contributed by atoms with Crippen molar-refractivity contribution < 1.29 is 0 Å². The van der Waals surface area contributed by atoms with Gasteiger partial charge in [-0.05, 0) is 12.3 Å². The molecular weight excluding hydrogens is 170 g/mol. The van der Waals surface area contributed by atoms with E-state index >= 15 is 0 Å². The largest absolute Gasteiger partial charge is 0.321 e. The predicted octanol–water partition coefficient (Wildman–Crippen LogP) is 1.89. The Bertz CT molecular complexity index is 262. The molecule has 1 rings (SSSR count). The molecule has 4 heteroatoms. The fraction of sp³-hybridized carbons (Fsp3) is 0.750. The van der Waals surface area contributed by atoms with Crippen molar-refractivity contribution in [2.24, 2.45) is 11.1 Å². The van der Waals surface area contributed by atoms with Crippen LogP contribution in [-0.4, -0.2) is 10.2 Å². The van der Waals surface area contributed by atoms with E-state index < -0.39 is 0 Å². The minimum atomic E-state index is -0.0105. The molecule has 0 radical (unpaired) electrons. The maximum Gasteiger partial charge on any atom is 0.134 e. The van der Waals surface area contributed by atoms with Crippen molar-refractivity contribution in [1.82, 2.24) is 10.2 Å². The molecule has 0 fully saturated rings. The lowest BCUT2D eigenvalue weighted by molar-refractivity contribution is 0.325. The second-order valence-electron chi connectivity index (χ2n) is 4.00. The Labute approximate surface area is 77.0 Å². The highest BCUT2D eigenvalue weighted by Crippen LogP contribution is 2.31. The first-order chi connectivity index (χ1) is 5.41. The summed E-state index contributed by atoms with van der Waals surface area (Å²) in [6, 6.07) is -0.0105. The van der Waals surface area contributed by atoms with Crippen molar-refractivity contribution in [2.75, 3.05) is 0 Å². The van der Waals surface area contributed by atoms with E-state index in [1.807, 2.05) is 6.92 Å². The summed E-state index contributed by atoms with van der Waals surface area (Å²) < 4.78 is 0. The number of rotatable bonds is 1. The van der Waals surface area contributed by atoms with Gasteiger partial charge in [0.25, 0.3) is 0 Å². The molecule has 0 unspecified atom stereocenters. The van der Waals surface area contributed by atoms with Crippen LogP contribution in [0.4, 0.5) is 0 Å². The average Bonchev–Trinajstić information content (AvgIpc) is 2.32. The molecule has 0 bridgehead atoms. The maximum absolute atomic E-state index is 5.99. The van der Waals surface area contributed by atoms with Crippen LogP contribution in [0, 0.1) is 12.3 Å². The Morgan fingerprint density at radius 3 is 2.25 bits per heavy atom. The third kappa shape index (κ3) is 2.01. The van der Waals surface area contributed by atoms with Crippen LogP contribution in [0.1, 0.15) is 36.8 Å². The summed E-state index contributed by atoms with van der Waals surface area (Å²) in [5.74, 6) is 0. The summed E-state index contributed by atoms with van der Waals surface area (Å²) in [7, 11) is 0. The minimum absolute atomic E-state index is 0.0105. The van der Waals surface area contributed by atoms with Crippen molar-refractivity contribution in [3.63, 3.8) is 0 Å². The van der Waals surface area contributed by atoms with Crippen molar-refractivity contribution in [1.29, 1.82) is 0 Å². The van der Waals surface area contributed by atoms with E-state index in [9.17, 15) is 0 Å². The highest BCUT2D eigenvalue weighted by atomic mass is 32.1. The molecule has 3 nitrogen and oxygen atoms in total. The maximum atomic E-state index is 5.99. The molecular formula is C8H15N3S. The van der Waals surface area contributed by atoms with Gasteiger partial charge in [0, 0.05) is 0 Å². The van der Waals surface area contributed by atoms with E-state index in [4.69, 9.17) is 5.73 Å². The molecule has 0 aliphatic rings. The summed E-state index contributed by atoms with van der Waals surface area (Å²) >= 11 is 1.58. The van der Waals surface area contributed by atoms with E-state index in [1.54, 1.807) is 11.3 Å². The Morgan fingerprint density at radius 1 is 1.33 bits per heavy atom. The SMILES string of the molecule is Cc1nnc([C@@H](N)C(C)(C)C)s1. The Balaban J connectivity index is 2.85. The van der Waals surface area contributed by atoms with Crippen molar-refractivity contribution in [2.45, 2.75) is 33.7 Å². The highest BCUT2D eigenvalue weighted by Gasteiger charge is 2.25. The summed E-state index contributed by atoms with van der Waals surface area (Å²) in [5, 5.41) is 9.87. The molecule has 0 amide bonds. The number of aromatic nitrogens is 2. The Hall–Kier alpha value is -0.480. The lowest BCUT2D eigenvalue weighted by atomic mass is 9.88. The summed E-state index contributed by atoms with van der Waals surface area (Å²) in [4.78, 5) is 0. The van der Waals surface area contributed by atoms with Crippen molar-refractivity contribution >= 4 is 11.3 Å². The van der Waals surface area contributed by atoms with Crippen LogP contribution < -0.4 is 5.73 Å². The molecule has 0 aliphatic carbocycles. The third-order valence-corrected chi connectivity index (χ3v) is 2.66. The van der Waals surface area contributed by atoms with Gasteiger partial charge in [-0.2, -0.15) is 0 Å². The van der Waals surface area contributed by atoms with Crippen LogP contribution in [0.3, 0.4) is 0 Å². The second kappa shape index (κ2) is 3.11. The molecule has 0 saturated heterocycles. The number of nitrogens with zero attached hydrogens (tertiary/aromatic N) is 2. The minimum Gasteiger partial charge on any atom is -0.321 e. The molecule has 0 aliphatic heterocycles. The van der Waals surface area contributed by atoms with E-state index in [0.29, 0.717) is 0 Å². The van der Waals surface area contributed by atoms with Crippen molar-refractivity contribution in [3.8, 4) is 0 Å². The van der Waals surface area contributed by atoms with Crippen LogP contribution in [-0.2, 0) is 0 Å². The molecule has 1 aromatic heterocycles. The lowest BCUT2D eigenvalue weighted by Gasteiger charge is -2.24. The topological polar surface area (TPSA) is 51.8 Å². The highest BCUT2D eigenvalue weighted by molar-refractivity contribution is 7.11. The number of nitrogens with two attached hydrogens (primary N) is 1. The molecule has 1 aromatic rings. The predicted molar refractivity (Wildman–Crippen MR) is 51.0 cm³/mol. The van der Waals surface area contributed by atoms with Crippen LogP contribution >= 0.6 is 11.3 Å². The molecule has 2 N–H and O–H groups in total. The van der Waals surface area contributed by atoms with Gasteiger partial charge >= 0.3 is 0 Å². The summed E-state index contributed by atoms with van der Waals surface area (Å²) in [6.07, 6.45) is 0. The molecule has 68 valence electrons. The number of hydrogen-bond donors (Lipinski definition) is 1. The van der Waals surface area contributed by atoms with Gasteiger partial charge in [0.1, 0.15) is 10.0 Å². The zero-order chi connectivity index (χ0) is 9.35. The zero-order valence-corrected chi connectivity index (χ0v) is 8.77. The smallest absolute Gasteiger partial charge is 0.134 e. The third-order valence-electron chi connectivity index (χ3n) is 1.74. The van der Waals surface area contributed by atoms with Gasteiger partial charge in [0.05, 0.1) is 6.04 Å². The molecule has 0 aromatic carbocycles. The quantitative estimate of drug-likeness (QED) is 0.727.